The van der Waals surface area contributed by atoms with Gasteiger partial charge in [0.1, 0.15) is 0 Å². The maximum atomic E-state index is 12.2. The number of amides is 1. The Morgan fingerprint density at radius 1 is 1.30 bits per heavy atom. The van der Waals surface area contributed by atoms with E-state index in [2.05, 4.69) is 31.8 Å². The highest BCUT2D eigenvalue weighted by molar-refractivity contribution is 7.07. The van der Waals surface area contributed by atoms with Crippen LogP contribution in [0.2, 0.25) is 5.02 Å². The summed E-state index contributed by atoms with van der Waals surface area (Å²) in [6.07, 6.45) is 0.698. The Hall–Kier alpha value is -2.22. The van der Waals surface area contributed by atoms with Crippen molar-refractivity contribution in [1.29, 1.82) is 0 Å². The van der Waals surface area contributed by atoms with Crippen LogP contribution in [-0.4, -0.2) is 41.6 Å². The predicted octanol–water partition coefficient (Wildman–Crippen LogP) is 3.80. The highest BCUT2D eigenvalue weighted by atomic mass is 35.5. The topological polar surface area (TPSA) is 71.3 Å². The lowest BCUT2D eigenvalue weighted by Crippen LogP contribution is -2.34. The first-order valence-corrected chi connectivity index (χ1v) is 9.89. The molecule has 2 heterocycles. The van der Waals surface area contributed by atoms with Crippen LogP contribution in [0.1, 0.15) is 23.9 Å². The molecular formula is C19H21ClN4O2S. The molecule has 0 radical (unpaired) electrons. The van der Waals surface area contributed by atoms with Crippen molar-refractivity contribution in [3.63, 3.8) is 0 Å². The van der Waals surface area contributed by atoms with Crippen molar-refractivity contribution in [2.24, 2.45) is 0 Å². The first kappa shape index (κ1) is 19.5. The standard InChI is InChI=1S/C19H21ClN4O2S/c1-24(2)16(14-9-10-27-12-14)11-21-17(25)7-8-18-22-19(23-26-18)13-3-5-15(20)6-4-13/h3-6,9-10,12,16H,7-8,11H2,1-2H3,(H,21,25). The SMILES string of the molecule is CN(C)C(CNC(=O)CCc1nc(-c2ccc(Cl)cc2)no1)c1ccsc1. The first-order chi connectivity index (χ1) is 13.0. The number of nitrogens with zero attached hydrogens (tertiary/aromatic N) is 3. The summed E-state index contributed by atoms with van der Waals surface area (Å²) in [5.74, 6) is 0.896. The molecule has 2 aromatic heterocycles. The number of rotatable bonds is 8. The second-order valence-electron chi connectivity index (χ2n) is 6.36. The summed E-state index contributed by atoms with van der Waals surface area (Å²) in [6, 6.07) is 9.44. The van der Waals surface area contributed by atoms with Gasteiger partial charge in [0.05, 0.1) is 6.04 Å². The average Bonchev–Trinajstić information content (AvgIpc) is 3.33. The predicted molar refractivity (Wildman–Crippen MR) is 107 cm³/mol. The Kier molecular flexibility index (Phi) is 6.60. The van der Waals surface area contributed by atoms with Crippen LogP contribution in [0.3, 0.4) is 0 Å². The molecule has 1 atom stereocenters. The number of likely N-dealkylation sites (N-methyl/N-ethyl adjacent to an activating group) is 1. The number of aryl methyl sites for hydroxylation is 1. The molecular weight excluding hydrogens is 384 g/mol. The fourth-order valence-corrected chi connectivity index (χ4v) is 3.49. The minimum absolute atomic E-state index is 0.0386. The fourth-order valence-electron chi connectivity index (χ4n) is 2.66. The van der Waals surface area contributed by atoms with Gasteiger partial charge in [0.2, 0.25) is 17.6 Å². The Morgan fingerprint density at radius 3 is 2.74 bits per heavy atom. The molecule has 0 aliphatic rings. The van der Waals surface area contributed by atoms with Gasteiger partial charge in [-0.1, -0.05) is 16.8 Å². The lowest BCUT2D eigenvalue weighted by atomic mass is 10.1. The smallest absolute Gasteiger partial charge is 0.227 e. The number of hydrogen-bond acceptors (Lipinski definition) is 6. The largest absolute Gasteiger partial charge is 0.354 e. The lowest BCUT2D eigenvalue weighted by molar-refractivity contribution is -0.121. The van der Waals surface area contributed by atoms with E-state index in [0.29, 0.717) is 36.1 Å². The summed E-state index contributed by atoms with van der Waals surface area (Å²) in [7, 11) is 4.01. The normalized spacial score (nSPS) is 12.3. The third-order valence-electron chi connectivity index (χ3n) is 4.18. The molecule has 0 bridgehead atoms. The van der Waals surface area contributed by atoms with E-state index in [4.69, 9.17) is 16.1 Å². The van der Waals surface area contributed by atoms with E-state index in [0.717, 1.165) is 5.56 Å². The third kappa shape index (κ3) is 5.38. The fraction of sp³-hybridized carbons (Fsp3) is 0.316. The van der Waals surface area contributed by atoms with E-state index in [1.807, 2.05) is 31.6 Å². The van der Waals surface area contributed by atoms with Crippen LogP contribution in [0.5, 0.6) is 0 Å². The zero-order valence-electron chi connectivity index (χ0n) is 15.2. The summed E-state index contributed by atoms with van der Waals surface area (Å²) < 4.78 is 5.24. The van der Waals surface area contributed by atoms with Gasteiger partial charge in [0, 0.05) is 30.0 Å². The van der Waals surface area contributed by atoms with Gasteiger partial charge in [0.25, 0.3) is 0 Å². The molecule has 1 N–H and O–H groups in total. The van der Waals surface area contributed by atoms with Crippen LogP contribution >= 0.6 is 22.9 Å². The van der Waals surface area contributed by atoms with Crippen molar-refractivity contribution in [3.8, 4) is 11.4 Å². The number of aromatic nitrogens is 2. The first-order valence-electron chi connectivity index (χ1n) is 8.56. The van der Waals surface area contributed by atoms with Gasteiger partial charge in [-0.15, -0.1) is 0 Å². The molecule has 1 amide bonds. The molecule has 3 aromatic rings. The van der Waals surface area contributed by atoms with Gasteiger partial charge in [-0.2, -0.15) is 16.3 Å². The highest BCUT2D eigenvalue weighted by Gasteiger charge is 2.16. The van der Waals surface area contributed by atoms with Crippen molar-refractivity contribution >= 4 is 28.8 Å². The van der Waals surface area contributed by atoms with E-state index in [1.54, 1.807) is 23.5 Å². The number of thiophene rings is 1. The molecule has 0 saturated carbocycles. The third-order valence-corrected chi connectivity index (χ3v) is 5.13. The summed E-state index contributed by atoms with van der Waals surface area (Å²) in [5.41, 5.74) is 2.03. The Balaban J connectivity index is 1.50. The number of hydrogen-bond donors (Lipinski definition) is 1. The highest BCUT2D eigenvalue weighted by Crippen LogP contribution is 2.20. The second-order valence-corrected chi connectivity index (χ2v) is 7.58. The molecule has 27 heavy (non-hydrogen) atoms. The number of carbonyl (C=O) groups is 1. The van der Waals surface area contributed by atoms with Gasteiger partial charge in [0.15, 0.2) is 0 Å². The Bertz CT molecular complexity index is 862. The maximum absolute atomic E-state index is 12.2. The van der Waals surface area contributed by atoms with Crippen LogP contribution in [0.25, 0.3) is 11.4 Å². The number of carbonyl (C=O) groups excluding carboxylic acids is 1. The molecule has 8 heteroatoms. The lowest BCUT2D eigenvalue weighted by Gasteiger charge is -2.23. The second kappa shape index (κ2) is 9.12. The monoisotopic (exact) mass is 404 g/mol. The van der Waals surface area contributed by atoms with Crippen LogP contribution < -0.4 is 5.32 Å². The van der Waals surface area contributed by atoms with Gasteiger partial charge in [-0.05, 0) is 60.8 Å². The molecule has 1 aromatic carbocycles. The quantitative estimate of drug-likeness (QED) is 0.618. The van der Waals surface area contributed by atoms with Gasteiger partial charge in [-0.3, -0.25) is 4.79 Å². The van der Waals surface area contributed by atoms with E-state index in [9.17, 15) is 4.79 Å². The van der Waals surface area contributed by atoms with E-state index >= 15 is 0 Å². The van der Waals surface area contributed by atoms with E-state index < -0.39 is 0 Å². The summed E-state index contributed by atoms with van der Waals surface area (Å²) in [5, 5.41) is 11.7. The molecule has 6 nitrogen and oxygen atoms in total. The zero-order valence-corrected chi connectivity index (χ0v) is 16.8. The molecule has 3 rings (SSSR count). The van der Waals surface area contributed by atoms with Crippen molar-refractivity contribution in [1.82, 2.24) is 20.4 Å². The van der Waals surface area contributed by atoms with E-state index in [-0.39, 0.29) is 11.9 Å². The number of nitrogens with one attached hydrogen (secondary N) is 1. The van der Waals surface area contributed by atoms with E-state index in [1.165, 1.54) is 5.56 Å². The summed E-state index contributed by atoms with van der Waals surface area (Å²) >= 11 is 7.54. The maximum Gasteiger partial charge on any atom is 0.227 e. The Morgan fingerprint density at radius 2 is 2.07 bits per heavy atom. The summed E-state index contributed by atoms with van der Waals surface area (Å²) in [6.45, 7) is 0.558. The Labute approximate surface area is 167 Å². The van der Waals surface area contributed by atoms with Crippen LogP contribution in [-0.2, 0) is 11.2 Å². The molecule has 142 valence electrons. The van der Waals surface area contributed by atoms with Gasteiger partial charge in [-0.25, -0.2) is 0 Å². The van der Waals surface area contributed by atoms with Crippen molar-refractivity contribution in [2.75, 3.05) is 20.6 Å². The molecule has 0 aliphatic carbocycles. The molecule has 0 saturated heterocycles. The van der Waals surface area contributed by atoms with Crippen molar-refractivity contribution in [2.45, 2.75) is 18.9 Å². The molecule has 0 aliphatic heterocycles. The minimum atomic E-state index is -0.0386. The minimum Gasteiger partial charge on any atom is -0.354 e. The van der Waals surface area contributed by atoms with Crippen LogP contribution in [0.15, 0.2) is 45.6 Å². The zero-order chi connectivity index (χ0) is 19.2. The number of benzene rings is 1. The van der Waals surface area contributed by atoms with Crippen LogP contribution in [0.4, 0.5) is 0 Å². The molecule has 0 spiro atoms. The van der Waals surface area contributed by atoms with Crippen molar-refractivity contribution < 1.29 is 9.32 Å². The van der Waals surface area contributed by atoms with Crippen LogP contribution in [0, 0.1) is 0 Å². The summed E-state index contributed by atoms with van der Waals surface area (Å²) in [4.78, 5) is 18.6. The van der Waals surface area contributed by atoms with Gasteiger partial charge >= 0.3 is 0 Å². The van der Waals surface area contributed by atoms with Gasteiger partial charge < -0.3 is 14.7 Å². The molecule has 1 unspecified atom stereocenters. The average molecular weight is 405 g/mol. The molecule has 0 fully saturated rings. The number of halogens is 1. The van der Waals surface area contributed by atoms with Crippen molar-refractivity contribution in [3.05, 3.63) is 57.6 Å².